The van der Waals surface area contributed by atoms with Gasteiger partial charge in [0.15, 0.2) is 0 Å². The van der Waals surface area contributed by atoms with Crippen molar-refractivity contribution < 1.29 is 14.3 Å². The topological polar surface area (TPSA) is 76.6 Å². The van der Waals surface area contributed by atoms with Crippen molar-refractivity contribution in [2.75, 3.05) is 32.6 Å². The van der Waals surface area contributed by atoms with E-state index in [1.54, 1.807) is 37.6 Å². The lowest BCUT2D eigenvalue weighted by molar-refractivity contribution is -0.125. The van der Waals surface area contributed by atoms with E-state index in [1.807, 2.05) is 12.1 Å². The summed E-state index contributed by atoms with van der Waals surface area (Å²) in [4.78, 5) is 22.2. The smallest absolute Gasteiger partial charge is 0.246 e. The van der Waals surface area contributed by atoms with E-state index < -0.39 is 0 Å². The lowest BCUT2D eigenvalue weighted by atomic mass is 10.2. The number of likely N-dealkylation sites (tertiary alicyclic amines) is 1. The third kappa shape index (κ3) is 4.80. The Morgan fingerprint density at radius 1 is 1.25 bits per heavy atom. The average Bonchev–Trinajstić information content (AvgIpc) is 3.20. The van der Waals surface area contributed by atoms with Crippen molar-refractivity contribution >= 4 is 11.7 Å². The van der Waals surface area contributed by atoms with Crippen LogP contribution < -0.4 is 14.8 Å². The zero-order valence-electron chi connectivity index (χ0n) is 15.9. The molecule has 1 aromatic heterocycles. The Kier molecular flexibility index (Phi) is 6.12. The van der Waals surface area contributed by atoms with Gasteiger partial charge in [0.05, 0.1) is 26.6 Å². The van der Waals surface area contributed by atoms with Gasteiger partial charge in [-0.15, -0.1) is 0 Å². The van der Waals surface area contributed by atoms with Crippen LogP contribution in [0.2, 0.25) is 0 Å². The number of amides is 1. The summed E-state index contributed by atoms with van der Waals surface area (Å²) in [7, 11) is 3.19. The Hall–Kier alpha value is -3.53. The number of carbonyl (C=O) groups is 1. The molecule has 0 radical (unpaired) electrons. The first-order chi connectivity index (χ1) is 13.6. The molecule has 1 aliphatic heterocycles. The van der Waals surface area contributed by atoms with E-state index in [2.05, 4.69) is 33.7 Å². The van der Waals surface area contributed by atoms with Crippen LogP contribution in [0.4, 0.5) is 5.82 Å². The van der Waals surface area contributed by atoms with Crippen LogP contribution in [0.3, 0.4) is 0 Å². The van der Waals surface area contributed by atoms with Crippen LogP contribution in [-0.2, 0) is 4.79 Å². The third-order valence-electron chi connectivity index (χ3n) is 4.35. The van der Waals surface area contributed by atoms with Gasteiger partial charge in [0, 0.05) is 30.8 Å². The van der Waals surface area contributed by atoms with E-state index in [0.29, 0.717) is 36.1 Å². The standard InChI is InChI=1S/C21H22N4O3/c1-4-21(26)25-8-7-17(14-25)24-20-13-22-12-16(23-20)6-5-15-9-18(27-2)11-19(10-15)28-3/h4,9-13,17H,1,7-8,14H2,2-3H3,(H,23,24). The Morgan fingerprint density at radius 2 is 2.00 bits per heavy atom. The Labute approximate surface area is 164 Å². The molecule has 0 spiro atoms. The van der Waals surface area contributed by atoms with Crippen molar-refractivity contribution in [2.45, 2.75) is 12.5 Å². The van der Waals surface area contributed by atoms with Gasteiger partial charge >= 0.3 is 0 Å². The summed E-state index contributed by atoms with van der Waals surface area (Å²) in [5, 5.41) is 3.32. The van der Waals surface area contributed by atoms with Crippen LogP contribution >= 0.6 is 0 Å². The minimum atomic E-state index is -0.0521. The molecule has 0 saturated carbocycles. The molecular weight excluding hydrogens is 356 g/mol. The molecule has 1 fully saturated rings. The minimum Gasteiger partial charge on any atom is -0.497 e. The molecular formula is C21H22N4O3. The van der Waals surface area contributed by atoms with Gasteiger partial charge in [-0.1, -0.05) is 12.5 Å². The number of nitrogens with zero attached hydrogens (tertiary/aromatic N) is 3. The highest BCUT2D eigenvalue weighted by atomic mass is 16.5. The van der Waals surface area contributed by atoms with E-state index in [9.17, 15) is 4.79 Å². The molecule has 2 heterocycles. The van der Waals surface area contributed by atoms with Crippen LogP contribution in [0.5, 0.6) is 11.5 Å². The number of hydrogen-bond acceptors (Lipinski definition) is 6. The van der Waals surface area contributed by atoms with Gasteiger partial charge in [-0.25, -0.2) is 4.98 Å². The molecule has 7 heteroatoms. The molecule has 1 saturated heterocycles. The Morgan fingerprint density at radius 3 is 2.68 bits per heavy atom. The highest BCUT2D eigenvalue weighted by Gasteiger charge is 2.24. The van der Waals surface area contributed by atoms with Crippen molar-refractivity contribution in [1.82, 2.24) is 14.9 Å². The molecule has 7 nitrogen and oxygen atoms in total. The van der Waals surface area contributed by atoms with E-state index in [1.165, 1.54) is 6.08 Å². The molecule has 0 bridgehead atoms. The van der Waals surface area contributed by atoms with Gasteiger partial charge in [0.2, 0.25) is 5.91 Å². The fourth-order valence-corrected chi connectivity index (χ4v) is 2.93. The zero-order valence-corrected chi connectivity index (χ0v) is 15.9. The van der Waals surface area contributed by atoms with Crippen molar-refractivity contribution in [2.24, 2.45) is 0 Å². The highest BCUT2D eigenvalue weighted by Crippen LogP contribution is 2.22. The normalized spacial score (nSPS) is 15.4. The van der Waals surface area contributed by atoms with Crippen LogP contribution in [0.1, 0.15) is 17.7 Å². The number of nitrogens with one attached hydrogen (secondary N) is 1. The fourth-order valence-electron chi connectivity index (χ4n) is 2.93. The van der Waals surface area contributed by atoms with E-state index in [-0.39, 0.29) is 11.9 Å². The van der Waals surface area contributed by atoms with Crippen molar-refractivity contribution in [1.29, 1.82) is 0 Å². The second kappa shape index (κ2) is 8.91. The van der Waals surface area contributed by atoms with Crippen molar-refractivity contribution in [3.8, 4) is 23.3 Å². The fraction of sp³-hybridized carbons (Fsp3) is 0.286. The number of carbonyl (C=O) groups excluding carboxylic acids is 1. The van der Waals surface area contributed by atoms with Crippen molar-refractivity contribution in [3.05, 3.63) is 54.5 Å². The average molecular weight is 378 g/mol. The number of rotatable bonds is 5. The number of methoxy groups -OCH3 is 2. The van der Waals surface area contributed by atoms with Crippen LogP contribution in [0.25, 0.3) is 0 Å². The molecule has 1 amide bonds. The second-order valence-corrected chi connectivity index (χ2v) is 6.26. The molecule has 0 aliphatic carbocycles. The summed E-state index contributed by atoms with van der Waals surface area (Å²) in [5.74, 6) is 7.99. The summed E-state index contributed by atoms with van der Waals surface area (Å²) in [6, 6.07) is 5.57. The largest absolute Gasteiger partial charge is 0.497 e. The predicted molar refractivity (Wildman–Crippen MR) is 106 cm³/mol. The van der Waals surface area contributed by atoms with E-state index in [0.717, 1.165) is 12.0 Å². The van der Waals surface area contributed by atoms with Gasteiger partial charge in [-0.2, -0.15) is 0 Å². The van der Waals surface area contributed by atoms with Gasteiger partial charge in [0.1, 0.15) is 23.0 Å². The highest BCUT2D eigenvalue weighted by molar-refractivity contribution is 5.87. The molecule has 1 unspecified atom stereocenters. The lowest BCUT2D eigenvalue weighted by Crippen LogP contribution is -2.30. The van der Waals surface area contributed by atoms with Crippen LogP contribution in [-0.4, -0.2) is 54.1 Å². The monoisotopic (exact) mass is 378 g/mol. The number of anilines is 1. The number of benzene rings is 1. The number of ether oxygens (including phenoxy) is 2. The molecule has 1 N–H and O–H groups in total. The summed E-state index contributed by atoms with van der Waals surface area (Å²) in [6.45, 7) is 4.85. The Balaban J connectivity index is 1.70. The molecule has 2 aromatic rings. The summed E-state index contributed by atoms with van der Waals surface area (Å²) in [5.41, 5.74) is 1.30. The maximum absolute atomic E-state index is 11.7. The quantitative estimate of drug-likeness (QED) is 0.634. The van der Waals surface area contributed by atoms with E-state index in [4.69, 9.17) is 9.47 Å². The van der Waals surface area contributed by atoms with Gasteiger partial charge in [-0.05, 0) is 30.6 Å². The van der Waals surface area contributed by atoms with Crippen LogP contribution in [0.15, 0.2) is 43.2 Å². The molecule has 1 aliphatic rings. The molecule has 3 rings (SSSR count). The maximum atomic E-state index is 11.7. The summed E-state index contributed by atoms with van der Waals surface area (Å²) >= 11 is 0. The Bertz CT molecular complexity index is 910. The SMILES string of the molecule is C=CC(=O)N1CCC(Nc2cncc(C#Cc3cc(OC)cc(OC)c3)n2)C1. The first-order valence-electron chi connectivity index (χ1n) is 8.86. The summed E-state index contributed by atoms with van der Waals surface area (Å²) in [6.07, 6.45) is 5.45. The number of aromatic nitrogens is 2. The first kappa shape index (κ1) is 19.2. The summed E-state index contributed by atoms with van der Waals surface area (Å²) < 4.78 is 10.5. The predicted octanol–water partition coefficient (Wildman–Crippen LogP) is 2.09. The minimum absolute atomic E-state index is 0.0521. The molecule has 1 atom stereocenters. The molecule has 144 valence electrons. The first-order valence-corrected chi connectivity index (χ1v) is 8.86. The van der Waals surface area contributed by atoms with E-state index >= 15 is 0 Å². The van der Waals surface area contributed by atoms with Gasteiger partial charge in [-0.3, -0.25) is 9.78 Å². The van der Waals surface area contributed by atoms with Crippen molar-refractivity contribution in [3.63, 3.8) is 0 Å². The maximum Gasteiger partial charge on any atom is 0.246 e. The van der Waals surface area contributed by atoms with Gasteiger partial charge < -0.3 is 19.7 Å². The number of hydrogen-bond donors (Lipinski definition) is 1. The zero-order chi connectivity index (χ0) is 19.9. The second-order valence-electron chi connectivity index (χ2n) is 6.26. The lowest BCUT2D eigenvalue weighted by Gasteiger charge is -2.15. The molecule has 1 aromatic carbocycles. The van der Waals surface area contributed by atoms with Crippen LogP contribution in [0, 0.1) is 11.8 Å². The molecule has 28 heavy (non-hydrogen) atoms. The van der Waals surface area contributed by atoms with Gasteiger partial charge in [0.25, 0.3) is 0 Å². The third-order valence-corrected chi connectivity index (χ3v) is 4.35.